The third-order valence-corrected chi connectivity index (χ3v) is 6.72. The maximum Gasteiger partial charge on any atom is 0.534 e. The van der Waals surface area contributed by atoms with Gasteiger partial charge in [0, 0.05) is 30.6 Å². The first-order valence-corrected chi connectivity index (χ1v) is 12.3. The second-order valence-corrected chi connectivity index (χ2v) is 9.80. The predicted molar refractivity (Wildman–Crippen MR) is 117 cm³/mol. The fourth-order valence-electron chi connectivity index (χ4n) is 3.28. The molecule has 0 fully saturated rings. The predicted octanol–water partition coefficient (Wildman–Crippen LogP) is 3.94. The summed E-state index contributed by atoms with van der Waals surface area (Å²) in [6.45, 7) is 2.59. The van der Waals surface area contributed by atoms with Crippen molar-refractivity contribution < 1.29 is 30.6 Å². The van der Waals surface area contributed by atoms with Crippen LogP contribution in [0.15, 0.2) is 41.8 Å². The van der Waals surface area contributed by atoms with Gasteiger partial charge in [0.1, 0.15) is 5.75 Å². The summed E-state index contributed by atoms with van der Waals surface area (Å²) in [5, 5.41) is 4.77. The molecular weight excluding hydrogens is 465 g/mol. The van der Waals surface area contributed by atoms with Gasteiger partial charge in [-0.1, -0.05) is 12.1 Å². The molecule has 0 saturated carbocycles. The van der Waals surface area contributed by atoms with Crippen molar-refractivity contribution in [2.24, 2.45) is 0 Å². The molecule has 0 saturated heterocycles. The molecule has 0 bridgehead atoms. The lowest BCUT2D eigenvalue weighted by Gasteiger charge is -2.29. The number of thiophene rings is 1. The third kappa shape index (κ3) is 6.81. The van der Waals surface area contributed by atoms with Gasteiger partial charge in [0.15, 0.2) is 0 Å². The van der Waals surface area contributed by atoms with Crippen molar-refractivity contribution in [2.45, 2.75) is 31.3 Å². The zero-order chi connectivity index (χ0) is 23.2. The minimum atomic E-state index is -5.69. The van der Waals surface area contributed by atoms with Gasteiger partial charge < -0.3 is 9.50 Å². The van der Waals surface area contributed by atoms with E-state index in [1.54, 1.807) is 23.5 Å². The molecule has 0 radical (unpaired) electrons. The summed E-state index contributed by atoms with van der Waals surface area (Å²) >= 11 is 1.55. The highest BCUT2D eigenvalue weighted by Crippen LogP contribution is 2.29. The Balaban J connectivity index is 1.42. The summed E-state index contributed by atoms with van der Waals surface area (Å²) < 4.78 is 64.2. The van der Waals surface area contributed by atoms with E-state index in [2.05, 4.69) is 14.4 Å². The summed E-state index contributed by atoms with van der Waals surface area (Å²) in [6, 6.07) is 8.04. The molecule has 3 rings (SSSR count). The average molecular weight is 489 g/mol. The molecule has 1 aromatic heterocycles. The number of amides is 1. The van der Waals surface area contributed by atoms with E-state index in [0.717, 1.165) is 41.9 Å². The van der Waals surface area contributed by atoms with E-state index >= 15 is 0 Å². The third-order valence-electron chi connectivity index (χ3n) is 4.90. The average Bonchev–Trinajstić information content (AvgIpc) is 3.24. The minimum Gasteiger partial charge on any atom is -0.376 e. The molecular formula is C21H23F3N2O4S2. The van der Waals surface area contributed by atoms with Gasteiger partial charge in [0.25, 0.3) is 0 Å². The van der Waals surface area contributed by atoms with Gasteiger partial charge in [-0.3, -0.25) is 9.69 Å². The van der Waals surface area contributed by atoms with Crippen molar-refractivity contribution in [3.8, 4) is 5.75 Å². The Hall–Kier alpha value is -2.37. The smallest absolute Gasteiger partial charge is 0.376 e. The van der Waals surface area contributed by atoms with Crippen LogP contribution in [0.2, 0.25) is 0 Å². The zero-order valence-electron chi connectivity index (χ0n) is 17.1. The van der Waals surface area contributed by atoms with Crippen LogP contribution < -0.4 is 9.50 Å². The van der Waals surface area contributed by atoms with Crippen LogP contribution in [0.3, 0.4) is 0 Å². The lowest BCUT2D eigenvalue weighted by Crippen LogP contribution is -2.32. The maximum atomic E-state index is 12.5. The highest BCUT2D eigenvalue weighted by atomic mass is 32.2. The van der Waals surface area contributed by atoms with Crippen molar-refractivity contribution in [3.05, 3.63) is 57.8 Å². The molecule has 0 spiro atoms. The van der Waals surface area contributed by atoms with Crippen LogP contribution >= 0.6 is 11.3 Å². The number of carbonyl (C=O) groups excluding carboxylic acids is 1. The highest BCUT2D eigenvalue weighted by molar-refractivity contribution is 7.88. The number of hydrogen-bond acceptors (Lipinski definition) is 6. The fraction of sp³-hybridized carbons (Fsp3) is 0.381. The normalized spacial score (nSPS) is 15.0. The van der Waals surface area contributed by atoms with Crippen LogP contribution in [0.5, 0.6) is 5.75 Å². The summed E-state index contributed by atoms with van der Waals surface area (Å²) in [5.74, 6) is -0.493. The standard InChI is InChI=1S/C21H23F3N2O4S2/c22-21(23,24)32(28,29)30-18-6-5-16-9-12-26(15-17(16)14-18)11-2-1-10-25-20(27)8-7-19-4-3-13-31-19/h3-8,13-14H,1-2,9-12,15H2,(H,25,27). The zero-order valence-corrected chi connectivity index (χ0v) is 18.7. The maximum absolute atomic E-state index is 12.5. The Morgan fingerprint density at radius 3 is 2.75 bits per heavy atom. The molecule has 1 aliphatic heterocycles. The number of rotatable bonds is 9. The number of alkyl halides is 3. The molecule has 2 aromatic rings. The number of nitrogens with one attached hydrogen (secondary N) is 1. The van der Waals surface area contributed by atoms with Gasteiger partial charge in [-0.2, -0.15) is 21.6 Å². The Morgan fingerprint density at radius 2 is 2.03 bits per heavy atom. The SMILES string of the molecule is O=C(C=Cc1cccs1)NCCCCN1CCc2ccc(OS(=O)(=O)C(F)(F)F)cc2C1. The fourth-order valence-corrected chi connectivity index (χ4v) is 4.35. The minimum absolute atomic E-state index is 0.147. The molecule has 0 unspecified atom stereocenters. The number of fused-ring (bicyclic) bond motifs is 1. The molecule has 1 N–H and O–H groups in total. The summed E-state index contributed by atoms with van der Waals surface area (Å²) in [5.41, 5.74) is -3.76. The number of carbonyl (C=O) groups is 1. The van der Waals surface area contributed by atoms with Crippen molar-refractivity contribution in [1.29, 1.82) is 0 Å². The molecule has 0 aliphatic carbocycles. The first-order valence-electron chi connectivity index (χ1n) is 9.98. The first kappa shape index (κ1) is 24.3. The summed E-state index contributed by atoms with van der Waals surface area (Å²) in [4.78, 5) is 15.0. The van der Waals surface area contributed by atoms with Crippen LogP contribution in [0.4, 0.5) is 13.2 Å². The first-order chi connectivity index (χ1) is 15.1. The Bertz CT molecular complexity index is 1050. The van der Waals surface area contributed by atoms with E-state index in [9.17, 15) is 26.4 Å². The molecule has 2 heterocycles. The molecule has 11 heteroatoms. The molecule has 6 nitrogen and oxygen atoms in total. The van der Waals surface area contributed by atoms with Crippen LogP contribution in [0.1, 0.15) is 28.8 Å². The van der Waals surface area contributed by atoms with Gasteiger partial charge in [-0.05, 0) is 66.6 Å². The van der Waals surface area contributed by atoms with Gasteiger partial charge in [-0.15, -0.1) is 11.3 Å². The molecule has 1 aromatic carbocycles. The summed E-state index contributed by atoms with van der Waals surface area (Å²) in [7, 11) is -5.69. The van der Waals surface area contributed by atoms with E-state index in [0.29, 0.717) is 19.5 Å². The quantitative estimate of drug-likeness (QED) is 0.250. The van der Waals surface area contributed by atoms with E-state index in [-0.39, 0.29) is 11.7 Å². The topological polar surface area (TPSA) is 75.7 Å². The van der Waals surface area contributed by atoms with E-state index < -0.39 is 15.6 Å². The Kier molecular flexibility index (Phi) is 7.96. The van der Waals surface area contributed by atoms with Crippen LogP contribution in [-0.4, -0.2) is 44.4 Å². The molecule has 1 amide bonds. The number of benzene rings is 1. The van der Waals surface area contributed by atoms with Crippen LogP contribution in [0, 0.1) is 0 Å². The van der Waals surface area contributed by atoms with Gasteiger partial charge >= 0.3 is 15.6 Å². The molecule has 1 aliphatic rings. The molecule has 174 valence electrons. The van der Waals surface area contributed by atoms with Crippen molar-refractivity contribution in [1.82, 2.24) is 10.2 Å². The largest absolute Gasteiger partial charge is 0.534 e. The van der Waals surface area contributed by atoms with Crippen molar-refractivity contribution >= 4 is 33.4 Å². The van der Waals surface area contributed by atoms with E-state index in [1.165, 1.54) is 18.2 Å². The number of unbranched alkanes of at least 4 members (excludes halogenated alkanes) is 1. The van der Waals surface area contributed by atoms with Gasteiger partial charge in [-0.25, -0.2) is 0 Å². The van der Waals surface area contributed by atoms with E-state index in [4.69, 9.17) is 0 Å². The summed E-state index contributed by atoms with van der Waals surface area (Å²) in [6.07, 6.45) is 5.61. The van der Waals surface area contributed by atoms with Crippen molar-refractivity contribution in [3.63, 3.8) is 0 Å². The van der Waals surface area contributed by atoms with Crippen LogP contribution in [0.25, 0.3) is 6.08 Å². The lowest BCUT2D eigenvalue weighted by molar-refractivity contribution is -0.116. The molecule has 32 heavy (non-hydrogen) atoms. The lowest BCUT2D eigenvalue weighted by atomic mass is 9.99. The number of nitrogens with zero attached hydrogens (tertiary/aromatic N) is 1. The van der Waals surface area contributed by atoms with E-state index in [1.807, 2.05) is 17.5 Å². The monoisotopic (exact) mass is 488 g/mol. The number of halogens is 3. The molecule has 0 atom stereocenters. The Labute approximate surface area is 188 Å². The van der Waals surface area contributed by atoms with Crippen molar-refractivity contribution in [2.75, 3.05) is 19.6 Å². The van der Waals surface area contributed by atoms with Crippen LogP contribution in [-0.2, 0) is 27.9 Å². The number of hydrogen-bond donors (Lipinski definition) is 1. The van der Waals surface area contributed by atoms with Gasteiger partial charge in [0.2, 0.25) is 5.91 Å². The second kappa shape index (κ2) is 10.5. The Morgan fingerprint density at radius 1 is 1.22 bits per heavy atom. The van der Waals surface area contributed by atoms with Gasteiger partial charge in [0.05, 0.1) is 0 Å². The second-order valence-electron chi connectivity index (χ2n) is 7.29. The highest BCUT2D eigenvalue weighted by Gasteiger charge is 2.48.